The minimum atomic E-state index is -0.956. The summed E-state index contributed by atoms with van der Waals surface area (Å²) >= 11 is 0. The molecule has 0 radical (unpaired) electrons. The summed E-state index contributed by atoms with van der Waals surface area (Å²) in [5.74, 6) is 1.37. The van der Waals surface area contributed by atoms with E-state index in [1.54, 1.807) is 19.2 Å². The van der Waals surface area contributed by atoms with E-state index in [2.05, 4.69) is 10.1 Å². The summed E-state index contributed by atoms with van der Waals surface area (Å²) in [6.45, 7) is 4.47. The number of rotatable bonds is 6. The number of hydrogen-bond donors (Lipinski definition) is 1. The first-order valence-corrected chi connectivity index (χ1v) is 6.91. The van der Waals surface area contributed by atoms with Crippen molar-refractivity contribution >= 4 is 5.97 Å². The van der Waals surface area contributed by atoms with Gasteiger partial charge in [-0.2, -0.15) is 5.10 Å². The molecule has 6 heteroatoms. The highest BCUT2D eigenvalue weighted by atomic mass is 16.5. The maximum absolute atomic E-state index is 11.1. The van der Waals surface area contributed by atoms with Crippen molar-refractivity contribution < 1.29 is 14.6 Å². The highest BCUT2D eigenvalue weighted by Crippen LogP contribution is 2.21. The summed E-state index contributed by atoms with van der Waals surface area (Å²) in [5, 5.41) is 13.6. The van der Waals surface area contributed by atoms with Gasteiger partial charge in [-0.1, -0.05) is 13.8 Å². The Kier molecular flexibility index (Phi) is 4.57. The number of benzene rings is 1. The molecular weight excluding hydrogens is 270 g/mol. The zero-order valence-corrected chi connectivity index (χ0v) is 12.5. The summed E-state index contributed by atoms with van der Waals surface area (Å²) in [6, 6.07) is 4.82. The predicted molar refractivity (Wildman–Crippen MR) is 77.8 cm³/mol. The molecule has 0 atom stereocenters. The Morgan fingerprint density at radius 2 is 2.10 bits per heavy atom. The number of nitrogens with zero attached hydrogens (tertiary/aromatic N) is 3. The Bertz CT molecular complexity index is 650. The highest BCUT2D eigenvalue weighted by molar-refractivity contribution is 5.88. The molecule has 2 rings (SSSR count). The van der Waals surface area contributed by atoms with Crippen molar-refractivity contribution in [3.8, 4) is 5.75 Å². The summed E-state index contributed by atoms with van der Waals surface area (Å²) in [6.07, 6.45) is 1.54. The van der Waals surface area contributed by atoms with Crippen LogP contribution in [0, 0.1) is 0 Å². The van der Waals surface area contributed by atoms with Crippen molar-refractivity contribution in [3.63, 3.8) is 0 Å². The van der Waals surface area contributed by atoms with Gasteiger partial charge in [-0.3, -0.25) is 0 Å². The zero-order chi connectivity index (χ0) is 15.4. The second-order valence-electron chi connectivity index (χ2n) is 4.64. The van der Waals surface area contributed by atoms with Crippen molar-refractivity contribution in [1.29, 1.82) is 0 Å². The number of carboxylic acids is 1. The van der Waals surface area contributed by atoms with Crippen LogP contribution in [0.4, 0.5) is 0 Å². The predicted octanol–water partition coefficient (Wildman–Crippen LogP) is 2.16. The number of carboxylic acid groups (broad SMARTS) is 1. The molecule has 21 heavy (non-hydrogen) atoms. The highest BCUT2D eigenvalue weighted by Gasteiger charge is 2.13. The third-order valence-electron chi connectivity index (χ3n) is 3.27. The standard InChI is InChI=1S/C15H19N3O3/c1-4-13-16-14(5-2)18(17-13)9-11-8-10(15(19)20)6-7-12(11)21-3/h6-8H,4-5,9H2,1-3H3,(H,19,20). The van der Waals surface area contributed by atoms with Crippen LogP contribution in [0.1, 0.15) is 41.4 Å². The van der Waals surface area contributed by atoms with Gasteiger partial charge < -0.3 is 9.84 Å². The first-order chi connectivity index (χ1) is 10.1. The van der Waals surface area contributed by atoms with Gasteiger partial charge in [-0.25, -0.2) is 14.5 Å². The van der Waals surface area contributed by atoms with E-state index >= 15 is 0 Å². The molecule has 1 aromatic heterocycles. The average molecular weight is 289 g/mol. The fraction of sp³-hybridized carbons (Fsp3) is 0.400. The van der Waals surface area contributed by atoms with Gasteiger partial charge in [0.05, 0.1) is 19.2 Å². The van der Waals surface area contributed by atoms with Crippen LogP contribution in [0.15, 0.2) is 18.2 Å². The number of ether oxygens (including phenoxy) is 1. The molecule has 0 saturated heterocycles. The molecule has 0 amide bonds. The Balaban J connectivity index is 2.39. The number of aromatic nitrogens is 3. The average Bonchev–Trinajstić information content (AvgIpc) is 2.89. The minimum absolute atomic E-state index is 0.236. The van der Waals surface area contributed by atoms with Gasteiger partial charge in [-0.05, 0) is 18.2 Å². The number of hydrogen-bond acceptors (Lipinski definition) is 4. The maximum atomic E-state index is 11.1. The quantitative estimate of drug-likeness (QED) is 0.881. The number of carbonyl (C=O) groups is 1. The van der Waals surface area contributed by atoms with E-state index in [4.69, 9.17) is 9.84 Å². The van der Waals surface area contributed by atoms with E-state index in [1.807, 2.05) is 18.5 Å². The molecule has 0 fully saturated rings. The van der Waals surface area contributed by atoms with E-state index < -0.39 is 5.97 Å². The second-order valence-corrected chi connectivity index (χ2v) is 4.64. The van der Waals surface area contributed by atoms with Gasteiger partial charge in [-0.15, -0.1) is 0 Å². The molecule has 6 nitrogen and oxygen atoms in total. The van der Waals surface area contributed by atoms with E-state index in [9.17, 15) is 4.79 Å². The van der Waals surface area contributed by atoms with Gasteiger partial charge in [0, 0.05) is 18.4 Å². The van der Waals surface area contributed by atoms with E-state index in [1.165, 1.54) is 6.07 Å². The van der Waals surface area contributed by atoms with Gasteiger partial charge >= 0.3 is 5.97 Å². The van der Waals surface area contributed by atoms with Crippen LogP contribution in [-0.4, -0.2) is 33.0 Å². The lowest BCUT2D eigenvalue weighted by molar-refractivity contribution is 0.0696. The Hall–Kier alpha value is -2.37. The van der Waals surface area contributed by atoms with Crippen LogP contribution < -0.4 is 4.74 Å². The molecule has 0 aliphatic rings. The molecule has 1 N–H and O–H groups in total. The van der Waals surface area contributed by atoms with Gasteiger partial charge in [0.2, 0.25) is 0 Å². The van der Waals surface area contributed by atoms with Crippen LogP contribution >= 0.6 is 0 Å². The van der Waals surface area contributed by atoms with Crippen molar-refractivity contribution in [1.82, 2.24) is 14.8 Å². The number of aryl methyl sites for hydroxylation is 2. The molecule has 0 aliphatic carbocycles. The van der Waals surface area contributed by atoms with E-state index in [-0.39, 0.29) is 5.56 Å². The summed E-state index contributed by atoms with van der Waals surface area (Å²) in [4.78, 5) is 15.6. The van der Waals surface area contributed by atoms with Crippen molar-refractivity contribution in [2.75, 3.05) is 7.11 Å². The van der Waals surface area contributed by atoms with Crippen LogP contribution in [0.5, 0.6) is 5.75 Å². The first-order valence-electron chi connectivity index (χ1n) is 6.91. The Labute approximate surface area is 123 Å². The summed E-state index contributed by atoms with van der Waals surface area (Å²) < 4.78 is 7.11. The minimum Gasteiger partial charge on any atom is -0.496 e. The Morgan fingerprint density at radius 3 is 2.67 bits per heavy atom. The van der Waals surface area contributed by atoms with Gasteiger partial charge in [0.1, 0.15) is 11.6 Å². The molecule has 0 spiro atoms. The van der Waals surface area contributed by atoms with Crippen molar-refractivity contribution in [2.24, 2.45) is 0 Å². The van der Waals surface area contributed by atoms with E-state index in [0.29, 0.717) is 12.3 Å². The molecule has 1 heterocycles. The van der Waals surface area contributed by atoms with Crippen LogP contribution in [-0.2, 0) is 19.4 Å². The first kappa shape index (κ1) is 15.0. The molecule has 0 unspecified atom stereocenters. The lowest BCUT2D eigenvalue weighted by Gasteiger charge is -2.10. The number of aromatic carboxylic acids is 1. The molecule has 0 aliphatic heterocycles. The number of methoxy groups -OCH3 is 1. The topological polar surface area (TPSA) is 77.2 Å². The molecular formula is C15H19N3O3. The maximum Gasteiger partial charge on any atom is 0.335 e. The van der Waals surface area contributed by atoms with Crippen molar-refractivity contribution in [2.45, 2.75) is 33.2 Å². The molecule has 0 saturated carbocycles. The van der Waals surface area contributed by atoms with Crippen LogP contribution in [0.3, 0.4) is 0 Å². The normalized spacial score (nSPS) is 10.6. The van der Waals surface area contributed by atoms with Crippen molar-refractivity contribution in [3.05, 3.63) is 41.0 Å². The molecule has 0 bridgehead atoms. The Morgan fingerprint density at radius 1 is 1.33 bits per heavy atom. The van der Waals surface area contributed by atoms with Crippen LogP contribution in [0.25, 0.3) is 0 Å². The fourth-order valence-corrected chi connectivity index (χ4v) is 2.16. The van der Waals surface area contributed by atoms with Crippen LogP contribution in [0.2, 0.25) is 0 Å². The second kappa shape index (κ2) is 6.39. The third-order valence-corrected chi connectivity index (χ3v) is 3.27. The smallest absolute Gasteiger partial charge is 0.335 e. The monoisotopic (exact) mass is 289 g/mol. The molecule has 2 aromatic rings. The lowest BCUT2D eigenvalue weighted by Crippen LogP contribution is -2.09. The summed E-state index contributed by atoms with van der Waals surface area (Å²) in [5.41, 5.74) is 1.01. The SMILES string of the molecule is CCc1nc(CC)n(Cc2cc(C(=O)O)ccc2OC)n1. The fourth-order valence-electron chi connectivity index (χ4n) is 2.16. The van der Waals surface area contributed by atoms with Gasteiger partial charge in [0.15, 0.2) is 5.82 Å². The van der Waals surface area contributed by atoms with Gasteiger partial charge in [0.25, 0.3) is 0 Å². The largest absolute Gasteiger partial charge is 0.496 e. The molecule has 112 valence electrons. The van der Waals surface area contributed by atoms with E-state index in [0.717, 1.165) is 30.1 Å². The lowest BCUT2D eigenvalue weighted by atomic mass is 10.1. The zero-order valence-electron chi connectivity index (χ0n) is 12.5. The summed E-state index contributed by atoms with van der Waals surface area (Å²) in [7, 11) is 1.57. The third kappa shape index (κ3) is 3.21. The molecule has 1 aromatic carbocycles.